The lowest BCUT2D eigenvalue weighted by molar-refractivity contribution is 0.188. The normalized spacial score (nSPS) is 18.2. The lowest BCUT2D eigenvalue weighted by Crippen LogP contribution is -2.34. The van der Waals surface area contributed by atoms with E-state index in [-0.39, 0.29) is 0 Å². The monoisotopic (exact) mass is 226 g/mol. The number of rotatable bonds is 8. The molecular weight excluding hydrogens is 196 g/mol. The first-order valence-corrected chi connectivity index (χ1v) is 7.25. The Morgan fingerprint density at radius 1 is 1.06 bits per heavy atom. The Bertz CT molecular complexity index is 153. The van der Waals surface area contributed by atoms with Crippen molar-refractivity contribution in [1.82, 2.24) is 10.2 Å². The van der Waals surface area contributed by atoms with Crippen molar-refractivity contribution < 1.29 is 0 Å². The number of unbranched alkanes of at least 4 members (excludes halogenated alkanes) is 2. The Kier molecular flexibility index (Phi) is 7.87. The molecule has 0 aromatic carbocycles. The van der Waals surface area contributed by atoms with Crippen LogP contribution in [-0.2, 0) is 0 Å². The fourth-order valence-corrected chi connectivity index (χ4v) is 2.67. The molecule has 2 heteroatoms. The maximum absolute atomic E-state index is 3.39. The highest BCUT2D eigenvalue weighted by molar-refractivity contribution is 4.73. The maximum atomic E-state index is 3.39. The molecule has 1 saturated carbocycles. The van der Waals surface area contributed by atoms with E-state index in [2.05, 4.69) is 24.2 Å². The third-order valence-electron chi connectivity index (χ3n) is 3.81. The van der Waals surface area contributed by atoms with Crippen LogP contribution in [0.25, 0.3) is 0 Å². The van der Waals surface area contributed by atoms with Crippen LogP contribution in [0.4, 0.5) is 0 Å². The van der Waals surface area contributed by atoms with Crippen LogP contribution >= 0.6 is 0 Å². The molecule has 1 fully saturated rings. The van der Waals surface area contributed by atoms with Gasteiger partial charge in [0.2, 0.25) is 0 Å². The summed E-state index contributed by atoms with van der Waals surface area (Å²) in [6.07, 6.45) is 11.3. The molecule has 0 unspecified atom stereocenters. The smallest absolute Gasteiger partial charge is 0.00922 e. The number of hydrogen-bond acceptors (Lipinski definition) is 2. The summed E-state index contributed by atoms with van der Waals surface area (Å²) in [5.41, 5.74) is 0. The van der Waals surface area contributed by atoms with Crippen LogP contribution in [0, 0.1) is 0 Å². The Morgan fingerprint density at radius 2 is 1.81 bits per heavy atom. The molecule has 2 nitrogen and oxygen atoms in total. The molecule has 0 atom stereocenters. The highest BCUT2D eigenvalue weighted by Crippen LogP contribution is 2.21. The quantitative estimate of drug-likeness (QED) is 0.640. The van der Waals surface area contributed by atoms with Gasteiger partial charge in [0.15, 0.2) is 0 Å². The summed E-state index contributed by atoms with van der Waals surface area (Å²) < 4.78 is 0. The van der Waals surface area contributed by atoms with Gasteiger partial charge in [-0.3, -0.25) is 0 Å². The highest BCUT2D eigenvalue weighted by atomic mass is 15.1. The lowest BCUT2D eigenvalue weighted by atomic mass is 9.94. The van der Waals surface area contributed by atoms with Crippen molar-refractivity contribution >= 4 is 0 Å². The Hall–Kier alpha value is -0.0800. The van der Waals surface area contributed by atoms with Gasteiger partial charge in [0.05, 0.1) is 0 Å². The molecule has 0 aliphatic heterocycles. The van der Waals surface area contributed by atoms with Crippen LogP contribution in [0.3, 0.4) is 0 Å². The second kappa shape index (κ2) is 9.00. The second-order valence-corrected chi connectivity index (χ2v) is 5.19. The summed E-state index contributed by atoms with van der Waals surface area (Å²) in [6.45, 7) is 5.79. The molecule has 0 radical (unpaired) electrons. The average molecular weight is 226 g/mol. The third-order valence-corrected chi connectivity index (χ3v) is 3.81. The van der Waals surface area contributed by atoms with E-state index in [9.17, 15) is 0 Å². The van der Waals surface area contributed by atoms with E-state index in [1.807, 2.05) is 0 Å². The van der Waals surface area contributed by atoms with E-state index in [1.54, 1.807) is 0 Å². The molecule has 0 bridgehead atoms. The maximum Gasteiger partial charge on any atom is 0.00922 e. The molecule has 0 aromatic rings. The van der Waals surface area contributed by atoms with Gasteiger partial charge in [0.25, 0.3) is 0 Å². The van der Waals surface area contributed by atoms with Crippen molar-refractivity contribution in [1.29, 1.82) is 0 Å². The predicted molar refractivity (Wildman–Crippen MR) is 71.9 cm³/mol. The largest absolute Gasteiger partial charge is 0.317 e. The number of hydrogen-bond donors (Lipinski definition) is 1. The summed E-state index contributed by atoms with van der Waals surface area (Å²) in [7, 11) is 2.32. The first-order valence-electron chi connectivity index (χ1n) is 7.25. The molecule has 1 rings (SSSR count). The Labute approximate surface area is 102 Å². The van der Waals surface area contributed by atoms with Gasteiger partial charge >= 0.3 is 0 Å². The van der Waals surface area contributed by atoms with E-state index in [1.165, 1.54) is 64.5 Å². The van der Waals surface area contributed by atoms with Crippen LogP contribution in [0.2, 0.25) is 0 Å². The standard InChI is InChI=1S/C14H30N2/c1-3-15-12-8-5-9-13-16(2)14-10-6-4-7-11-14/h14-15H,3-13H2,1-2H3. The van der Waals surface area contributed by atoms with Gasteiger partial charge in [0, 0.05) is 6.04 Å². The van der Waals surface area contributed by atoms with Crippen molar-refractivity contribution in [2.75, 3.05) is 26.7 Å². The second-order valence-electron chi connectivity index (χ2n) is 5.19. The van der Waals surface area contributed by atoms with E-state index >= 15 is 0 Å². The first kappa shape index (κ1) is 14.0. The van der Waals surface area contributed by atoms with Crippen molar-refractivity contribution in [3.8, 4) is 0 Å². The van der Waals surface area contributed by atoms with Gasteiger partial charge in [0.1, 0.15) is 0 Å². The molecule has 1 aliphatic carbocycles. The Balaban J connectivity index is 1.94. The van der Waals surface area contributed by atoms with Crippen LogP contribution < -0.4 is 5.32 Å². The van der Waals surface area contributed by atoms with Gasteiger partial charge in [-0.15, -0.1) is 0 Å². The van der Waals surface area contributed by atoms with Crippen LogP contribution in [0.1, 0.15) is 58.3 Å². The molecule has 1 aliphatic rings. The molecule has 0 saturated heterocycles. The predicted octanol–water partition coefficient (Wildman–Crippen LogP) is 3.03. The van der Waals surface area contributed by atoms with Gasteiger partial charge in [-0.1, -0.05) is 32.6 Å². The molecule has 96 valence electrons. The molecule has 1 N–H and O–H groups in total. The SMILES string of the molecule is CCNCCCCCN(C)C1CCCCC1. The van der Waals surface area contributed by atoms with E-state index in [0.717, 1.165) is 12.6 Å². The molecular formula is C14H30N2. The van der Waals surface area contributed by atoms with Gasteiger partial charge < -0.3 is 10.2 Å². The van der Waals surface area contributed by atoms with Gasteiger partial charge in [-0.25, -0.2) is 0 Å². The van der Waals surface area contributed by atoms with Crippen LogP contribution in [0.5, 0.6) is 0 Å². The molecule has 0 heterocycles. The molecule has 16 heavy (non-hydrogen) atoms. The van der Waals surface area contributed by atoms with Crippen LogP contribution in [0.15, 0.2) is 0 Å². The van der Waals surface area contributed by atoms with E-state index in [0.29, 0.717) is 0 Å². The zero-order chi connectivity index (χ0) is 11.6. The van der Waals surface area contributed by atoms with Crippen molar-refractivity contribution in [2.24, 2.45) is 0 Å². The summed E-state index contributed by atoms with van der Waals surface area (Å²) >= 11 is 0. The fraction of sp³-hybridized carbons (Fsp3) is 1.00. The highest BCUT2D eigenvalue weighted by Gasteiger charge is 2.16. The minimum atomic E-state index is 0.891. The fourth-order valence-electron chi connectivity index (χ4n) is 2.67. The van der Waals surface area contributed by atoms with Crippen molar-refractivity contribution in [3.63, 3.8) is 0 Å². The van der Waals surface area contributed by atoms with Crippen molar-refractivity contribution in [3.05, 3.63) is 0 Å². The minimum absolute atomic E-state index is 0.891. The summed E-state index contributed by atoms with van der Waals surface area (Å²) in [6, 6.07) is 0.891. The molecule has 0 aromatic heterocycles. The van der Waals surface area contributed by atoms with Crippen LogP contribution in [-0.4, -0.2) is 37.6 Å². The molecule has 0 amide bonds. The van der Waals surface area contributed by atoms with Crippen molar-refractivity contribution in [2.45, 2.75) is 64.3 Å². The van der Waals surface area contributed by atoms with Gasteiger partial charge in [-0.05, 0) is 52.4 Å². The zero-order valence-corrected chi connectivity index (χ0v) is 11.3. The third kappa shape index (κ3) is 5.86. The zero-order valence-electron chi connectivity index (χ0n) is 11.3. The lowest BCUT2D eigenvalue weighted by Gasteiger charge is -2.31. The minimum Gasteiger partial charge on any atom is -0.317 e. The first-order chi connectivity index (χ1) is 7.84. The average Bonchev–Trinajstić information content (AvgIpc) is 2.34. The van der Waals surface area contributed by atoms with Gasteiger partial charge in [-0.2, -0.15) is 0 Å². The summed E-state index contributed by atoms with van der Waals surface area (Å²) in [4.78, 5) is 2.60. The summed E-state index contributed by atoms with van der Waals surface area (Å²) in [5.74, 6) is 0. The molecule has 0 spiro atoms. The van der Waals surface area contributed by atoms with E-state index in [4.69, 9.17) is 0 Å². The number of nitrogens with zero attached hydrogens (tertiary/aromatic N) is 1. The topological polar surface area (TPSA) is 15.3 Å². The van der Waals surface area contributed by atoms with E-state index < -0.39 is 0 Å². The summed E-state index contributed by atoms with van der Waals surface area (Å²) in [5, 5.41) is 3.39. The number of nitrogens with one attached hydrogen (secondary N) is 1. The Morgan fingerprint density at radius 3 is 2.50 bits per heavy atom.